The number of urea groups is 1. The standard InChI is InChI=1S/C18H17F2N3O4/c1-11-3-6-15(25-11)10-23(18(24)22-16-9-21-27-12(16)2)13-4-7-14(8-5-13)26-17(19)20/h3-9,17H,10H2,1-2H3,(H,22,24). The Morgan fingerprint density at radius 1 is 1.22 bits per heavy atom. The maximum Gasteiger partial charge on any atom is 0.387 e. The SMILES string of the molecule is Cc1ccc(CN(C(=O)Nc2cnoc2C)c2ccc(OC(F)F)cc2)o1. The van der Waals surface area contributed by atoms with E-state index >= 15 is 0 Å². The van der Waals surface area contributed by atoms with Crippen molar-refractivity contribution in [1.29, 1.82) is 0 Å². The molecule has 0 aliphatic rings. The number of carbonyl (C=O) groups excluding carboxylic acids is 1. The third-order valence-electron chi connectivity index (χ3n) is 3.72. The van der Waals surface area contributed by atoms with E-state index in [1.807, 2.05) is 0 Å². The van der Waals surface area contributed by atoms with Crippen LogP contribution in [0, 0.1) is 13.8 Å². The second-order valence-electron chi connectivity index (χ2n) is 5.70. The van der Waals surface area contributed by atoms with Crippen molar-refractivity contribution in [3.63, 3.8) is 0 Å². The van der Waals surface area contributed by atoms with Crippen LogP contribution in [0.1, 0.15) is 17.3 Å². The number of carbonyl (C=O) groups is 1. The van der Waals surface area contributed by atoms with E-state index < -0.39 is 12.6 Å². The molecule has 2 heterocycles. The summed E-state index contributed by atoms with van der Waals surface area (Å²) in [5.41, 5.74) is 0.899. The number of hydrogen-bond acceptors (Lipinski definition) is 5. The number of alkyl halides is 2. The number of aromatic nitrogens is 1. The third kappa shape index (κ3) is 4.63. The van der Waals surface area contributed by atoms with Crippen LogP contribution in [0.25, 0.3) is 0 Å². The first-order valence-electron chi connectivity index (χ1n) is 8.02. The summed E-state index contributed by atoms with van der Waals surface area (Å²) in [4.78, 5) is 14.2. The van der Waals surface area contributed by atoms with Gasteiger partial charge in [-0.3, -0.25) is 4.90 Å². The average molecular weight is 377 g/mol. The molecule has 142 valence electrons. The molecule has 1 N–H and O–H groups in total. The molecule has 27 heavy (non-hydrogen) atoms. The van der Waals surface area contributed by atoms with Gasteiger partial charge in [0, 0.05) is 5.69 Å². The summed E-state index contributed by atoms with van der Waals surface area (Å²) in [6.45, 7) is 0.682. The van der Waals surface area contributed by atoms with Gasteiger partial charge < -0.3 is 19.0 Å². The number of aryl methyl sites for hydroxylation is 2. The molecule has 3 aromatic rings. The molecule has 0 spiro atoms. The fourth-order valence-corrected chi connectivity index (χ4v) is 2.41. The number of nitrogens with zero attached hydrogens (tertiary/aromatic N) is 2. The van der Waals surface area contributed by atoms with E-state index in [-0.39, 0.29) is 12.3 Å². The highest BCUT2D eigenvalue weighted by Crippen LogP contribution is 2.24. The van der Waals surface area contributed by atoms with E-state index in [1.165, 1.54) is 35.4 Å². The Bertz CT molecular complexity index is 905. The van der Waals surface area contributed by atoms with Crippen LogP contribution in [0.5, 0.6) is 5.75 Å². The molecule has 7 nitrogen and oxygen atoms in total. The summed E-state index contributed by atoms with van der Waals surface area (Å²) in [6, 6.07) is 8.82. The quantitative estimate of drug-likeness (QED) is 0.672. The third-order valence-corrected chi connectivity index (χ3v) is 3.72. The molecule has 0 fully saturated rings. The van der Waals surface area contributed by atoms with E-state index in [0.29, 0.717) is 28.7 Å². The summed E-state index contributed by atoms with van der Waals surface area (Å²) in [5.74, 6) is 1.73. The second kappa shape index (κ2) is 7.90. The molecule has 2 amide bonds. The van der Waals surface area contributed by atoms with E-state index in [1.54, 1.807) is 26.0 Å². The Kier molecular flexibility index (Phi) is 5.39. The molecule has 3 rings (SSSR count). The fraction of sp³-hybridized carbons (Fsp3) is 0.222. The van der Waals surface area contributed by atoms with E-state index in [2.05, 4.69) is 15.2 Å². The molecular formula is C18H17F2N3O4. The van der Waals surface area contributed by atoms with Crippen molar-refractivity contribution in [2.45, 2.75) is 27.0 Å². The summed E-state index contributed by atoms with van der Waals surface area (Å²) < 4.78 is 39.5. The van der Waals surface area contributed by atoms with Crippen molar-refractivity contribution in [1.82, 2.24) is 5.16 Å². The first-order chi connectivity index (χ1) is 12.9. The van der Waals surface area contributed by atoms with Crippen molar-refractivity contribution in [2.24, 2.45) is 0 Å². The van der Waals surface area contributed by atoms with Crippen molar-refractivity contribution < 1.29 is 27.3 Å². The van der Waals surface area contributed by atoms with Gasteiger partial charge in [-0.05, 0) is 50.2 Å². The molecule has 2 aromatic heterocycles. The van der Waals surface area contributed by atoms with Crippen molar-refractivity contribution in [3.05, 3.63) is 59.9 Å². The van der Waals surface area contributed by atoms with E-state index in [9.17, 15) is 13.6 Å². The van der Waals surface area contributed by atoms with Gasteiger partial charge in [0.05, 0.1) is 12.7 Å². The molecule has 0 saturated heterocycles. The van der Waals surface area contributed by atoms with Gasteiger partial charge in [0.25, 0.3) is 0 Å². The number of benzene rings is 1. The number of furan rings is 1. The minimum absolute atomic E-state index is 0.00201. The van der Waals surface area contributed by atoms with Crippen LogP contribution in [0.2, 0.25) is 0 Å². The zero-order valence-electron chi connectivity index (χ0n) is 14.6. The van der Waals surface area contributed by atoms with Gasteiger partial charge >= 0.3 is 12.6 Å². The first kappa shape index (κ1) is 18.4. The minimum Gasteiger partial charge on any atom is -0.464 e. The molecule has 0 bridgehead atoms. The van der Waals surface area contributed by atoms with Crippen LogP contribution >= 0.6 is 0 Å². The monoisotopic (exact) mass is 377 g/mol. The largest absolute Gasteiger partial charge is 0.464 e. The maximum absolute atomic E-state index is 12.8. The van der Waals surface area contributed by atoms with Gasteiger partial charge in [-0.15, -0.1) is 0 Å². The molecule has 0 unspecified atom stereocenters. The average Bonchev–Trinajstić information content (AvgIpc) is 3.21. The molecule has 0 saturated carbocycles. The summed E-state index contributed by atoms with van der Waals surface area (Å²) in [7, 11) is 0. The van der Waals surface area contributed by atoms with Crippen LogP contribution < -0.4 is 15.0 Å². The number of nitrogens with one attached hydrogen (secondary N) is 1. The smallest absolute Gasteiger partial charge is 0.387 e. The van der Waals surface area contributed by atoms with E-state index in [0.717, 1.165) is 0 Å². The van der Waals surface area contributed by atoms with E-state index in [4.69, 9.17) is 8.94 Å². The van der Waals surface area contributed by atoms with Gasteiger partial charge in [-0.25, -0.2) is 4.79 Å². The topological polar surface area (TPSA) is 80.7 Å². The zero-order valence-corrected chi connectivity index (χ0v) is 14.6. The normalized spacial score (nSPS) is 10.9. The molecule has 0 aliphatic heterocycles. The number of hydrogen-bond donors (Lipinski definition) is 1. The number of anilines is 2. The number of ether oxygens (including phenoxy) is 1. The number of halogens is 2. The molecule has 0 radical (unpaired) electrons. The van der Waals surface area contributed by atoms with Crippen LogP contribution in [0.4, 0.5) is 25.0 Å². The summed E-state index contributed by atoms with van der Waals surface area (Å²) in [6.07, 6.45) is 1.39. The second-order valence-corrected chi connectivity index (χ2v) is 5.70. The Morgan fingerprint density at radius 2 is 1.96 bits per heavy atom. The summed E-state index contributed by atoms with van der Waals surface area (Å²) in [5, 5.41) is 6.32. The Labute approximate surface area is 153 Å². The number of amides is 2. The Hall–Kier alpha value is -3.36. The predicted octanol–water partition coefficient (Wildman–Crippen LogP) is 4.72. The van der Waals surface area contributed by atoms with Crippen LogP contribution in [0.3, 0.4) is 0 Å². The van der Waals surface area contributed by atoms with Gasteiger partial charge in [0.1, 0.15) is 23.0 Å². The van der Waals surface area contributed by atoms with Crippen molar-refractivity contribution in [3.8, 4) is 5.75 Å². The summed E-state index contributed by atoms with van der Waals surface area (Å²) >= 11 is 0. The maximum atomic E-state index is 12.8. The zero-order chi connectivity index (χ0) is 19.4. The highest BCUT2D eigenvalue weighted by Gasteiger charge is 2.20. The lowest BCUT2D eigenvalue weighted by Gasteiger charge is -2.22. The molecule has 0 aliphatic carbocycles. The lowest BCUT2D eigenvalue weighted by atomic mass is 10.2. The minimum atomic E-state index is -2.92. The van der Waals surface area contributed by atoms with Gasteiger partial charge in [-0.2, -0.15) is 8.78 Å². The van der Waals surface area contributed by atoms with Crippen molar-refractivity contribution >= 4 is 17.4 Å². The molecule has 9 heteroatoms. The number of rotatable bonds is 6. The Morgan fingerprint density at radius 3 is 2.52 bits per heavy atom. The molecular weight excluding hydrogens is 360 g/mol. The van der Waals surface area contributed by atoms with Crippen LogP contribution in [-0.2, 0) is 6.54 Å². The van der Waals surface area contributed by atoms with Crippen molar-refractivity contribution in [2.75, 3.05) is 10.2 Å². The first-order valence-corrected chi connectivity index (χ1v) is 8.02. The van der Waals surface area contributed by atoms with Crippen LogP contribution in [-0.4, -0.2) is 17.8 Å². The lowest BCUT2D eigenvalue weighted by Crippen LogP contribution is -2.34. The van der Waals surface area contributed by atoms with Crippen LogP contribution in [0.15, 0.2) is 51.5 Å². The van der Waals surface area contributed by atoms with Gasteiger partial charge in [0.15, 0.2) is 5.76 Å². The lowest BCUT2D eigenvalue weighted by molar-refractivity contribution is -0.0498. The fourth-order valence-electron chi connectivity index (χ4n) is 2.41. The molecule has 0 atom stereocenters. The predicted molar refractivity (Wildman–Crippen MR) is 93.0 cm³/mol. The Balaban J connectivity index is 1.84. The molecule has 1 aromatic carbocycles. The highest BCUT2D eigenvalue weighted by molar-refractivity contribution is 6.01. The van der Waals surface area contributed by atoms with Gasteiger partial charge in [-0.1, -0.05) is 5.16 Å². The highest BCUT2D eigenvalue weighted by atomic mass is 19.3. The van der Waals surface area contributed by atoms with Gasteiger partial charge in [0.2, 0.25) is 0 Å².